The number of amidine groups is 1. The van der Waals surface area contributed by atoms with E-state index in [1.54, 1.807) is 17.4 Å². The molecule has 0 bridgehead atoms. The third-order valence-corrected chi connectivity index (χ3v) is 6.87. The number of thiophene rings is 1. The van der Waals surface area contributed by atoms with Gasteiger partial charge in [0.25, 0.3) is 0 Å². The molecule has 1 saturated heterocycles. The van der Waals surface area contributed by atoms with E-state index in [9.17, 15) is 4.39 Å². The Morgan fingerprint density at radius 2 is 2.19 bits per heavy atom. The van der Waals surface area contributed by atoms with Crippen molar-refractivity contribution in [1.29, 1.82) is 0 Å². The third kappa shape index (κ3) is 3.86. The summed E-state index contributed by atoms with van der Waals surface area (Å²) < 4.78 is 13.8. The molecule has 7 heteroatoms. The summed E-state index contributed by atoms with van der Waals surface area (Å²) >= 11 is 3.60. The molecule has 0 saturated carbocycles. The Hall–Kier alpha value is -1.57. The van der Waals surface area contributed by atoms with E-state index < -0.39 is 0 Å². The van der Waals surface area contributed by atoms with Crippen molar-refractivity contribution < 1.29 is 4.39 Å². The van der Waals surface area contributed by atoms with E-state index in [1.165, 1.54) is 29.2 Å². The molecule has 2 aromatic rings. The number of likely N-dealkylation sites (N-methyl/N-ethyl adjacent to an activating group) is 1. The highest BCUT2D eigenvalue weighted by Gasteiger charge is 2.29. The molecular weight excluding hydrogens is 379 g/mol. The highest BCUT2D eigenvalue weighted by atomic mass is 32.2. The maximum absolute atomic E-state index is 13.8. The van der Waals surface area contributed by atoms with Crippen LogP contribution < -0.4 is 5.32 Å². The Morgan fingerprint density at radius 3 is 3.00 bits per heavy atom. The Kier molecular flexibility index (Phi) is 5.43. The molecule has 1 N–H and O–H groups in total. The summed E-state index contributed by atoms with van der Waals surface area (Å²) in [7, 11) is 2.22. The highest BCUT2D eigenvalue weighted by Crippen LogP contribution is 2.39. The number of aryl methyl sites for hydroxylation is 1. The summed E-state index contributed by atoms with van der Waals surface area (Å²) in [5, 5.41) is 4.46. The fraction of sp³-hybridized carbons (Fsp3) is 0.450. The summed E-state index contributed by atoms with van der Waals surface area (Å²) in [4.78, 5) is 11.1. The van der Waals surface area contributed by atoms with Gasteiger partial charge in [0.2, 0.25) is 0 Å². The zero-order valence-electron chi connectivity index (χ0n) is 16.0. The number of rotatable bonds is 3. The fourth-order valence-corrected chi connectivity index (χ4v) is 5.15. The number of hydrogen-bond acceptors (Lipinski definition) is 6. The lowest BCUT2D eigenvalue weighted by Crippen LogP contribution is -2.53. The van der Waals surface area contributed by atoms with Crippen LogP contribution in [0.25, 0.3) is 0 Å². The van der Waals surface area contributed by atoms with Crippen LogP contribution in [-0.2, 0) is 0 Å². The summed E-state index contributed by atoms with van der Waals surface area (Å²) in [6.45, 7) is 5.06. The Bertz CT molecular complexity index is 864. The number of anilines is 2. The van der Waals surface area contributed by atoms with Crippen molar-refractivity contribution in [2.24, 2.45) is 4.99 Å². The number of piperazine rings is 1. The number of halogens is 1. The lowest BCUT2D eigenvalue weighted by atomic mass is 10.1. The van der Waals surface area contributed by atoms with E-state index in [2.05, 4.69) is 41.4 Å². The molecule has 2 aliphatic rings. The van der Waals surface area contributed by atoms with E-state index in [1.807, 2.05) is 11.8 Å². The smallest absolute Gasteiger partial charge is 0.139 e. The first-order valence-corrected chi connectivity index (χ1v) is 11.5. The second kappa shape index (κ2) is 7.81. The van der Waals surface area contributed by atoms with Gasteiger partial charge in [0.05, 0.1) is 16.9 Å². The monoisotopic (exact) mass is 404 g/mol. The number of fused-ring (bicyclic) bond motifs is 2. The molecule has 0 aliphatic carbocycles. The average Bonchev–Trinajstić information content (AvgIpc) is 2.93. The Morgan fingerprint density at radius 1 is 1.33 bits per heavy atom. The maximum atomic E-state index is 13.8. The van der Waals surface area contributed by atoms with Gasteiger partial charge in [-0.3, -0.25) is 4.90 Å². The van der Waals surface area contributed by atoms with Crippen LogP contribution in [0.5, 0.6) is 0 Å². The lowest BCUT2D eigenvalue weighted by molar-refractivity contribution is 0.139. The van der Waals surface area contributed by atoms with Gasteiger partial charge in [-0.1, -0.05) is 0 Å². The van der Waals surface area contributed by atoms with Crippen LogP contribution in [0.2, 0.25) is 0 Å². The molecule has 1 atom stereocenters. The van der Waals surface area contributed by atoms with Crippen LogP contribution in [0.1, 0.15) is 16.9 Å². The minimum Gasteiger partial charge on any atom is -0.353 e. The van der Waals surface area contributed by atoms with Crippen molar-refractivity contribution in [3.05, 3.63) is 40.5 Å². The van der Waals surface area contributed by atoms with Crippen molar-refractivity contribution >= 4 is 45.3 Å². The van der Waals surface area contributed by atoms with E-state index in [4.69, 9.17) is 4.99 Å². The van der Waals surface area contributed by atoms with Gasteiger partial charge in [-0.15, -0.1) is 11.3 Å². The zero-order chi connectivity index (χ0) is 19.0. The van der Waals surface area contributed by atoms with Gasteiger partial charge >= 0.3 is 0 Å². The highest BCUT2D eigenvalue weighted by molar-refractivity contribution is 7.98. The second-order valence-electron chi connectivity index (χ2n) is 7.18. The van der Waals surface area contributed by atoms with Gasteiger partial charge in [0, 0.05) is 30.6 Å². The number of thioether (sulfide) groups is 1. The van der Waals surface area contributed by atoms with Crippen LogP contribution in [-0.4, -0.2) is 60.4 Å². The maximum Gasteiger partial charge on any atom is 0.139 e. The molecule has 1 aromatic heterocycles. The van der Waals surface area contributed by atoms with Gasteiger partial charge in [-0.2, -0.15) is 11.8 Å². The van der Waals surface area contributed by atoms with Gasteiger partial charge in [-0.05, 0) is 56.7 Å². The van der Waals surface area contributed by atoms with Crippen molar-refractivity contribution in [3.63, 3.8) is 0 Å². The topological polar surface area (TPSA) is 30.9 Å². The molecule has 2 aliphatic heterocycles. The summed E-state index contributed by atoms with van der Waals surface area (Å²) in [6, 6.07) is 7.51. The molecule has 3 heterocycles. The number of nitrogens with one attached hydrogen (secondary N) is 1. The minimum absolute atomic E-state index is 0.244. The molecule has 144 valence electrons. The number of nitrogens with zero attached hydrogens (tertiary/aromatic N) is 3. The quantitative estimate of drug-likeness (QED) is 0.803. The largest absolute Gasteiger partial charge is 0.353 e. The van der Waals surface area contributed by atoms with Crippen molar-refractivity contribution in [1.82, 2.24) is 9.80 Å². The van der Waals surface area contributed by atoms with Crippen molar-refractivity contribution in [2.75, 3.05) is 44.0 Å². The fourth-order valence-electron chi connectivity index (χ4n) is 3.72. The molecule has 27 heavy (non-hydrogen) atoms. The molecule has 1 aromatic carbocycles. The second-order valence-corrected chi connectivity index (χ2v) is 9.43. The molecule has 1 unspecified atom stereocenters. The summed E-state index contributed by atoms with van der Waals surface area (Å²) in [6.07, 6.45) is 3.34. The van der Waals surface area contributed by atoms with Gasteiger partial charge in [0.1, 0.15) is 16.7 Å². The van der Waals surface area contributed by atoms with Crippen LogP contribution in [0.15, 0.2) is 29.3 Å². The molecule has 4 nitrogen and oxygen atoms in total. The van der Waals surface area contributed by atoms with E-state index in [0.29, 0.717) is 6.04 Å². The van der Waals surface area contributed by atoms with Crippen molar-refractivity contribution in [3.8, 4) is 0 Å². The first-order valence-electron chi connectivity index (χ1n) is 9.25. The lowest BCUT2D eigenvalue weighted by Gasteiger charge is -2.41. The summed E-state index contributed by atoms with van der Waals surface area (Å²) in [5.41, 5.74) is 2.66. The molecule has 0 spiro atoms. The van der Waals surface area contributed by atoms with Gasteiger partial charge in [0.15, 0.2) is 0 Å². The Labute approximate surface area is 168 Å². The first kappa shape index (κ1) is 18.8. The van der Waals surface area contributed by atoms with Gasteiger partial charge < -0.3 is 10.2 Å². The van der Waals surface area contributed by atoms with Crippen molar-refractivity contribution in [2.45, 2.75) is 19.4 Å². The Balaban J connectivity index is 1.72. The first-order chi connectivity index (χ1) is 13.0. The molecule has 4 rings (SSSR count). The molecule has 1 fully saturated rings. The SMILES string of the molecule is CSCCC1CN(C2=Nc3ccc(F)cc3Nc3sc(C)cc32)CCN1C. The van der Waals surface area contributed by atoms with Gasteiger partial charge in [-0.25, -0.2) is 9.38 Å². The average molecular weight is 405 g/mol. The number of hydrogen-bond donors (Lipinski definition) is 1. The van der Waals surface area contributed by atoms with E-state index in [-0.39, 0.29) is 5.82 Å². The zero-order valence-corrected chi connectivity index (χ0v) is 17.6. The predicted octanol–water partition coefficient (Wildman–Crippen LogP) is 4.70. The van der Waals surface area contributed by atoms with Crippen LogP contribution >= 0.6 is 23.1 Å². The van der Waals surface area contributed by atoms with Crippen LogP contribution in [0.3, 0.4) is 0 Å². The number of aliphatic imine (C=N–C) groups is 1. The summed E-state index contributed by atoms with van der Waals surface area (Å²) in [5.74, 6) is 1.93. The molecule has 0 radical (unpaired) electrons. The van der Waals surface area contributed by atoms with Crippen LogP contribution in [0, 0.1) is 12.7 Å². The normalized spacial score (nSPS) is 19.8. The van der Waals surface area contributed by atoms with Crippen LogP contribution in [0.4, 0.5) is 20.8 Å². The third-order valence-electron chi connectivity index (χ3n) is 5.26. The van der Waals surface area contributed by atoms with E-state index >= 15 is 0 Å². The van der Waals surface area contributed by atoms with E-state index in [0.717, 1.165) is 47.4 Å². The molecular formula is C20H25FN4S2. The number of benzene rings is 1. The molecule has 0 amide bonds. The predicted molar refractivity (Wildman–Crippen MR) is 116 cm³/mol. The minimum atomic E-state index is -0.244. The standard InChI is InChI=1S/C20H25FN4S2/c1-13-10-16-19(25-8-7-24(2)15(12-25)6-9-26-3)22-17-5-4-14(21)11-18(17)23-20(16)27-13/h4-5,10-11,15,23H,6-9,12H2,1-3H3.